The van der Waals surface area contributed by atoms with E-state index in [1.807, 2.05) is 0 Å². The zero-order valence-electron chi connectivity index (χ0n) is 12.7. The average Bonchev–Trinajstić information content (AvgIpc) is 3.34. The summed E-state index contributed by atoms with van der Waals surface area (Å²) < 4.78 is 0. The highest BCUT2D eigenvalue weighted by atomic mass is 16.3. The van der Waals surface area contributed by atoms with Crippen molar-refractivity contribution >= 4 is 0 Å². The van der Waals surface area contributed by atoms with Crippen LogP contribution in [0, 0.1) is 6.92 Å². The molecule has 5 heteroatoms. The standard InChI is InChI=1S/C16H25N3O2/c1-11-16(21)15(12(10-20)8-17-11)9-18-13-4-6-19(7-5-13)14-2-3-14/h8,13-14,18,20-21H,2-7,9-10H2,1H3. The van der Waals surface area contributed by atoms with Crippen molar-refractivity contribution in [1.29, 1.82) is 0 Å². The topological polar surface area (TPSA) is 68.6 Å². The van der Waals surface area contributed by atoms with Crippen LogP contribution in [0.5, 0.6) is 5.75 Å². The molecule has 0 spiro atoms. The minimum atomic E-state index is -0.0853. The predicted octanol–water partition coefficient (Wildman–Crippen LogP) is 1.30. The Balaban J connectivity index is 1.56. The molecular weight excluding hydrogens is 266 g/mol. The summed E-state index contributed by atoms with van der Waals surface area (Å²) >= 11 is 0. The Morgan fingerprint density at radius 3 is 2.62 bits per heavy atom. The number of aliphatic hydroxyl groups is 1. The van der Waals surface area contributed by atoms with Crippen molar-refractivity contribution in [1.82, 2.24) is 15.2 Å². The van der Waals surface area contributed by atoms with Gasteiger partial charge in [0, 0.05) is 36.0 Å². The molecule has 1 aromatic rings. The van der Waals surface area contributed by atoms with Gasteiger partial charge >= 0.3 is 0 Å². The van der Waals surface area contributed by atoms with Crippen molar-refractivity contribution < 1.29 is 10.2 Å². The highest BCUT2D eigenvalue weighted by Crippen LogP contribution is 2.29. The number of hydrogen-bond donors (Lipinski definition) is 3. The van der Waals surface area contributed by atoms with Gasteiger partial charge in [0.2, 0.25) is 0 Å². The number of hydrogen-bond acceptors (Lipinski definition) is 5. The van der Waals surface area contributed by atoms with Gasteiger partial charge in [-0.25, -0.2) is 0 Å². The van der Waals surface area contributed by atoms with E-state index in [0.29, 0.717) is 23.8 Å². The van der Waals surface area contributed by atoms with Crippen LogP contribution >= 0.6 is 0 Å². The number of aliphatic hydroxyl groups excluding tert-OH is 1. The number of nitrogens with zero attached hydrogens (tertiary/aromatic N) is 2. The van der Waals surface area contributed by atoms with Gasteiger partial charge in [-0.1, -0.05) is 0 Å². The Bertz CT molecular complexity index is 495. The molecule has 5 nitrogen and oxygen atoms in total. The molecule has 2 fully saturated rings. The third kappa shape index (κ3) is 3.36. The summed E-state index contributed by atoms with van der Waals surface area (Å²) in [6.45, 7) is 4.65. The lowest BCUT2D eigenvalue weighted by Crippen LogP contribution is -2.43. The largest absolute Gasteiger partial charge is 0.506 e. The second-order valence-electron chi connectivity index (χ2n) is 6.28. The predicted molar refractivity (Wildman–Crippen MR) is 81.0 cm³/mol. The first kappa shape index (κ1) is 14.8. The number of pyridine rings is 1. The van der Waals surface area contributed by atoms with E-state index < -0.39 is 0 Å². The maximum atomic E-state index is 10.1. The van der Waals surface area contributed by atoms with E-state index in [4.69, 9.17) is 0 Å². The molecule has 1 saturated carbocycles. The van der Waals surface area contributed by atoms with Crippen molar-refractivity contribution in [2.45, 2.75) is 57.8 Å². The van der Waals surface area contributed by atoms with Gasteiger partial charge in [-0.2, -0.15) is 0 Å². The van der Waals surface area contributed by atoms with E-state index in [2.05, 4.69) is 15.2 Å². The number of nitrogens with one attached hydrogen (secondary N) is 1. The normalized spacial score (nSPS) is 20.9. The highest BCUT2D eigenvalue weighted by molar-refractivity contribution is 5.40. The smallest absolute Gasteiger partial charge is 0.141 e. The summed E-state index contributed by atoms with van der Waals surface area (Å²) in [6, 6.07) is 1.36. The van der Waals surface area contributed by atoms with E-state index in [1.165, 1.54) is 25.9 Å². The molecule has 0 atom stereocenters. The first-order valence-corrected chi connectivity index (χ1v) is 7.93. The molecule has 0 bridgehead atoms. The van der Waals surface area contributed by atoms with Crippen molar-refractivity contribution in [3.63, 3.8) is 0 Å². The molecule has 21 heavy (non-hydrogen) atoms. The number of rotatable bonds is 5. The SMILES string of the molecule is Cc1ncc(CO)c(CNC2CCN(C3CC3)CC2)c1O. The van der Waals surface area contributed by atoms with Crippen LogP contribution in [0.1, 0.15) is 42.5 Å². The zero-order valence-corrected chi connectivity index (χ0v) is 12.7. The van der Waals surface area contributed by atoms with Crippen LogP contribution in [0.2, 0.25) is 0 Å². The minimum Gasteiger partial charge on any atom is -0.506 e. The fourth-order valence-corrected chi connectivity index (χ4v) is 3.17. The van der Waals surface area contributed by atoms with Gasteiger partial charge in [0.15, 0.2) is 0 Å². The van der Waals surface area contributed by atoms with Crippen LogP contribution in [0.4, 0.5) is 0 Å². The van der Waals surface area contributed by atoms with E-state index in [1.54, 1.807) is 13.1 Å². The number of likely N-dealkylation sites (tertiary alicyclic amines) is 1. The quantitative estimate of drug-likeness (QED) is 0.763. The Hall–Kier alpha value is -1.17. The minimum absolute atomic E-state index is 0.0853. The Kier molecular flexibility index (Phi) is 4.42. The monoisotopic (exact) mass is 291 g/mol. The van der Waals surface area contributed by atoms with Gasteiger partial charge < -0.3 is 20.4 Å². The maximum Gasteiger partial charge on any atom is 0.141 e. The lowest BCUT2D eigenvalue weighted by Gasteiger charge is -2.32. The maximum absolute atomic E-state index is 10.1. The molecule has 1 aliphatic carbocycles. The summed E-state index contributed by atoms with van der Waals surface area (Å²) in [4.78, 5) is 6.70. The second-order valence-corrected chi connectivity index (χ2v) is 6.28. The molecule has 1 aliphatic heterocycles. The molecule has 2 heterocycles. The van der Waals surface area contributed by atoms with E-state index >= 15 is 0 Å². The lowest BCUT2D eigenvalue weighted by molar-refractivity contribution is 0.188. The third-order valence-corrected chi connectivity index (χ3v) is 4.76. The molecule has 0 radical (unpaired) electrons. The van der Waals surface area contributed by atoms with Gasteiger partial charge in [0.25, 0.3) is 0 Å². The van der Waals surface area contributed by atoms with Gasteiger partial charge in [-0.05, 0) is 45.7 Å². The Morgan fingerprint density at radius 1 is 1.29 bits per heavy atom. The number of aromatic nitrogens is 1. The third-order valence-electron chi connectivity index (χ3n) is 4.76. The van der Waals surface area contributed by atoms with E-state index in [0.717, 1.165) is 24.4 Å². The molecule has 0 amide bonds. The van der Waals surface area contributed by atoms with E-state index in [-0.39, 0.29) is 12.4 Å². The van der Waals surface area contributed by atoms with Crippen molar-refractivity contribution in [2.24, 2.45) is 0 Å². The second kappa shape index (κ2) is 6.30. The van der Waals surface area contributed by atoms with Gasteiger partial charge in [-0.15, -0.1) is 0 Å². The molecule has 0 unspecified atom stereocenters. The van der Waals surface area contributed by atoms with Crippen LogP contribution in [-0.2, 0) is 13.2 Å². The molecule has 116 valence electrons. The van der Waals surface area contributed by atoms with Gasteiger partial charge in [-0.3, -0.25) is 4.98 Å². The Morgan fingerprint density at radius 2 is 2.00 bits per heavy atom. The average molecular weight is 291 g/mol. The van der Waals surface area contributed by atoms with Gasteiger partial charge in [0.1, 0.15) is 5.75 Å². The first-order valence-electron chi connectivity index (χ1n) is 7.93. The summed E-state index contributed by atoms with van der Waals surface area (Å²) in [5.74, 6) is 0.212. The van der Waals surface area contributed by atoms with E-state index in [9.17, 15) is 10.2 Å². The first-order chi connectivity index (χ1) is 10.2. The highest BCUT2D eigenvalue weighted by Gasteiger charge is 2.31. The van der Waals surface area contributed by atoms with Crippen LogP contribution in [0.3, 0.4) is 0 Å². The molecule has 1 saturated heterocycles. The summed E-state index contributed by atoms with van der Waals surface area (Å²) in [5.41, 5.74) is 2.11. The summed E-state index contributed by atoms with van der Waals surface area (Å²) in [6.07, 6.45) is 6.73. The molecule has 0 aromatic carbocycles. The van der Waals surface area contributed by atoms with Gasteiger partial charge in [0.05, 0.1) is 12.3 Å². The fraction of sp³-hybridized carbons (Fsp3) is 0.688. The number of piperidine rings is 1. The molecule has 3 N–H and O–H groups in total. The molecule has 3 rings (SSSR count). The zero-order chi connectivity index (χ0) is 14.8. The molecule has 2 aliphatic rings. The molecule has 1 aromatic heterocycles. The van der Waals surface area contributed by atoms with Crippen molar-refractivity contribution in [3.05, 3.63) is 23.0 Å². The van der Waals surface area contributed by atoms with Crippen molar-refractivity contribution in [2.75, 3.05) is 13.1 Å². The number of aromatic hydroxyl groups is 1. The Labute approximate surface area is 126 Å². The van der Waals surface area contributed by atoms with Crippen LogP contribution < -0.4 is 5.32 Å². The van der Waals surface area contributed by atoms with Crippen molar-refractivity contribution in [3.8, 4) is 5.75 Å². The molecular formula is C16H25N3O2. The lowest BCUT2D eigenvalue weighted by atomic mass is 10.0. The number of aryl methyl sites for hydroxylation is 1. The fourth-order valence-electron chi connectivity index (χ4n) is 3.17. The van der Waals surface area contributed by atoms with Crippen LogP contribution in [0.15, 0.2) is 6.20 Å². The van der Waals surface area contributed by atoms with Crippen LogP contribution in [0.25, 0.3) is 0 Å². The van der Waals surface area contributed by atoms with Crippen LogP contribution in [-0.4, -0.2) is 45.3 Å². The summed E-state index contributed by atoms with van der Waals surface area (Å²) in [5, 5.41) is 23.1. The summed E-state index contributed by atoms with van der Waals surface area (Å²) in [7, 11) is 0.